The lowest BCUT2D eigenvalue weighted by molar-refractivity contribution is 0.0208. The highest BCUT2D eigenvalue weighted by atomic mass is 16.5. The molecule has 0 saturated carbocycles. The molecule has 3 aromatic rings. The van der Waals surface area contributed by atoms with Gasteiger partial charge in [0, 0.05) is 0 Å². The van der Waals surface area contributed by atoms with Gasteiger partial charge in [0.1, 0.15) is 5.75 Å². The quantitative estimate of drug-likeness (QED) is 0.717. The molecule has 0 bridgehead atoms. The van der Waals surface area contributed by atoms with Crippen LogP contribution in [0.15, 0.2) is 42.7 Å². The summed E-state index contributed by atoms with van der Waals surface area (Å²) in [4.78, 5) is 4.42. The van der Waals surface area contributed by atoms with Crippen molar-refractivity contribution < 1.29 is 14.6 Å². The molecule has 5 nitrogen and oxygen atoms in total. The van der Waals surface area contributed by atoms with Crippen molar-refractivity contribution in [2.24, 2.45) is 0 Å². The number of aliphatic hydroxyl groups excluding tert-OH is 1. The van der Waals surface area contributed by atoms with Crippen molar-refractivity contribution >= 4 is 11.0 Å². The molecule has 25 heavy (non-hydrogen) atoms. The van der Waals surface area contributed by atoms with Crippen LogP contribution in [0.4, 0.5) is 0 Å². The highest BCUT2D eigenvalue weighted by molar-refractivity contribution is 5.77. The third kappa shape index (κ3) is 4.18. The van der Waals surface area contributed by atoms with E-state index in [1.807, 2.05) is 28.8 Å². The van der Waals surface area contributed by atoms with Gasteiger partial charge < -0.3 is 19.1 Å². The first kappa shape index (κ1) is 17.5. The second-order valence-electron chi connectivity index (χ2n) is 6.34. The maximum Gasteiger partial charge on any atom is 0.119 e. The van der Waals surface area contributed by atoms with E-state index in [0.717, 1.165) is 22.3 Å². The van der Waals surface area contributed by atoms with E-state index in [4.69, 9.17) is 9.47 Å². The van der Waals surface area contributed by atoms with Crippen LogP contribution in [0.1, 0.15) is 16.7 Å². The molecule has 1 aromatic heterocycles. The third-order valence-electron chi connectivity index (χ3n) is 4.36. The minimum absolute atomic E-state index is 0.266. The van der Waals surface area contributed by atoms with Crippen LogP contribution in [0.5, 0.6) is 5.75 Å². The minimum atomic E-state index is -0.593. The van der Waals surface area contributed by atoms with Crippen LogP contribution < -0.4 is 4.74 Å². The smallest absolute Gasteiger partial charge is 0.119 e. The van der Waals surface area contributed by atoms with Crippen molar-refractivity contribution in [1.29, 1.82) is 0 Å². The molecule has 132 valence electrons. The number of benzene rings is 2. The maximum atomic E-state index is 10.3. The van der Waals surface area contributed by atoms with Gasteiger partial charge in [0.2, 0.25) is 0 Å². The summed E-state index contributed by atoms with van der Waals surface area (Å²) in [7, 11) is 1.64. The zero-order chi connectivity index (χ0) is 17.8. The number of aliphatic hydroxyl groups is 1. The molecular weight excluding hydrogens is 316 g/mol. The van der Waals surface area contributed by atoms with E-state index in [1.165, 1.54) is 11.1 Å². The lowest BCUT2D eigenvalue weighted by atomic mass is 10.1. The molecule has 0 amide bonds. The lowest BCUT2D eigenvalue weighted by Crippen LogP contribution is -2.21. The molecule has 0 radical (unpaired) electrons. The molecule has 0 fully saturated rings. The minimum Gasteiger partial charge on any atom is -0.497 e. The zero-order valence-electron chi connectivity index (χ0n) is 14.9. The number of hydrogen-bond acceptors (Lipinski definition) is 4. The zero-order valence-corrected chi connectivity index (χ0v) is 14.9. The van der Waals surface area contributed by atoms with Crippen LogP contribution in [0.3, 0.4) is 0 Å². The Morgan fingerprint density at radius 3 is 2.76 bits per heavy atom. The molecule has 0 spiro atoms. The highest BCUT2D eigenvalue weighted by Crippen LogP contribution is 2.19. The van der Waals surface area contributed by atoms with Crippen molar-refractivity contribution in [3.63, 3.8) is 0 Å². The van der Waals surface area contributed by atoms with Gasteiger partial charge in [-0.25, -0.2) is 4.98 Å². The predicted molar refractivity (Wildman–Crippen MR) is 97.9 cm³/mol. The largest absolute Gasteiger partial charge is 0.497 e. The fourth-order valence-electron chi connectivity index (χ4n) is 2.81. The van der Waals surface area contributed by atoms with Gasteiger partial charge in [0.15, 0.2) is 0 Å². The summed E-state index contributed by atoms with van der Waals surface area (Å²) in [6.45, 7) is 5.32. The standard InChI is InChI=1S/C20H24N2O3/c1-14-7-19-20(8-15(14)2)22(13-21-19)10-17(23)12-25-11-16-5-4-6-18(9-16)24-3/h4-9,13,17,23H,10-12H2,1-3H3/t17-/m0/s1. The number of nitrogens with zero attached hydrogens (tertiary/aromatic N) is 2. The first-order valence-electron chi connectivity index (χ1n) is 8.37. The molecule has 0 aliphatic carbocycles. The molecule has 0 unspecified atom stereocenters. The van der Waals surface area contributed by atoms with E-state index in [9.17, 15) is 5.11 Å². The summed E-state index contributed by atoms with van der Waals surface area (Å²) in [6, 6.07) is 11.9. The van der Waals surface area contributed by atoms with Gasteiger partial charge >= 0.3 is 0 Å². The highest BCUT2D eigenvalue weighted by Gasteiger charge is 2.10. The molecule has 1 heterocycles. The Morgan fingerprint density at radius 1 is 1.16 bits per heavy atom. The number of aryl methyl sites for hydroxylation is 2. The molecule has 0 aliphatic heterocycles. The molecular formula is C20H24N2O3. The normalized spacial score (nSPS) is 12.5. The van der Waals surface area contributed by atoms with E-state index in [1.54, 1.807) is 13.4 Å². The van der Waals surface area contributed by atoms with Gasteiger partial charge in [-0.05, 0) is 54.8 Å². The van der Waals surface area contributed by atoms with E-state index in [2.05, 4.69) is 31.0 Å². The van der Waals surface area contributed by atoms with Gasteiger partial charge in [0.25, 0.3) is 0 Å². The maximum absolute atomic E-state index is 10.3. The average Bonchev–Trinajstić information content (AvgIpc) is 2.97. The number of fused-ring (bicyclic) bond motifs is 1. The van der Waals surface area contributed by atoms with Crippen LogP contribution in [0.25, 0.3) is 11.0 Å². The fraction of sp³-hybridized carbons (Fsp3) is 0.350. The first-order chi connectivity index (χ1) is 12.1. The van der Waals surface area contributed by atoms with Crippen molar-refractivity contribution in [3.8, 4) is 5.75 Å². The number of methoxy groups -OCH3 is 1. The Labute approximate surface area is 147 Å². The fourth-order valence-corrected chi connectivity index (χ4v) is 2.81. The summed E-state index contributed by atoms with van der Waals surface area (Å²) in [6.07, 6.45) is 1.18. The van der Waals surface area contributed by atoms with Crippen molar-refractivity contribution in [1.82, 2.24) is 9.55 Å². The number of imidazole rings is 1. The SMILES string of the molecule is COc1cccc(COC[C@@H](O)Cn2cnc3cc(C)c(C)cc32)c1. The topological polar surface area (TPSA) is 56.5 Å². The lowest BCUT2D eigenvalue weighted by Gasteiger charge is -2.13. The molecule has 3 rings (SSSR count). The summed E-state index contributed by atoms with van der Waals surface area (Å²) in [5.41, 5.74) is 5.45. The van der Waals surface area contributed by atoms with Gasteiger partial charge in [-0.2, -0.15) is 0 Å². The van der Waals surface area contributed by atoms with Gasteiger partial charge in [0.05, 0.1) is 50.3 Å². The predicted octanol–water partition coefficient (Wildman–Crippen LogP) is 3.24. The number of rotatable bonds is 7. The van der Waals surface area contributed by atoms with Crippen molar-refractivity contribution in [2.75, 3.05) is 13.7 Å². The molecule has 0 saturated heterocycles. The molecule has 1 N–H and O–H groups in total. The van der Waals surface area contributed by atoms with E-state index in [-0.39, 0.29) is 6.61 Å². The Kier molecular flexibility index (Phi) is 5.36. The average molecular weight is 340 g/mol. The van der Waals surface area contributed by atoms with Crippen molar-refractivity contribution in [3.05, 3.63) is 59.4 Å². The summed E-state index contributed by atoms with van der Waals surface area (Å²) in [5.74, 6) is 0.803. The summed E-state index contributed by atoms with van der Waals surface area (Å²) in [5, 5.41) is 10.3. The Balaban J connectivity index is 1.57. The molecule has 5 heteroatoms. The van der Waals surface area contributed by atoms with Gasteiger partial charge in [-0.1, -0.05) is 12.1 Å². The van der Waals surface area contributed by atoms with Crippen molar-refractivity contribution in [2.45, 2.75) is 33.1 Å². The monoisotopic (exact) mass is 340 g/mol. The summed E-state index contributed by atoms with van der Waals surface area (Å²) >= 11 is 0. The van der Waals surface area contributed by atoms with E-state index in [0.29, 0.717) is 13.2 Å². The Bertz CT molecular complexity index is 857. The molecule has 2 aromatic carbocycles. The third-order valence-corrected chi connectivity index (χ3v) is 4.36. The van der Waals surface area contributed by atoms with E-state index < -0.39 is 6.10 Å². The van der Waals surface area contributed by atoms with Crippen LogP contribution in [-0.2, 0) is 17.9 Å². The van der Waals surface area contributed by atoms with Gasteiger partial charge in [-0.15, -0.1) is 0 Å². The van der Waals surface area contributed by atoms with Crippen LogP contribution in [0.2, 0.25) is 0 Å². The Hall–Kier alpha value is -2.37. The van der Waals surface area contributed by atoms with E-state index >= 15 is 0 Å². The second-order valence-corrected chi connectivity index (χ2v) is 6.34. The van der Waals surface area contributed by atoms with Crippen LogP contribution in [-0.4, -0.2) is 34.5 Å². The second kappa shape index (κ2) is 7.68. The Morgan fingerprint density at radius 2 is 1.96 bits per heavy atom. The molecule has 1 atom stereocenters. The summed E-state index contributed by atoms with van der Waals surface area (Å²) < 4.78 is 12.8. The number of aromatic nitrogens is 2. The number of ether oxygens (including phenoxy) is 2. The van der Waals surface area contributed by atoms with Crippen LogP contribution >= 0.6 is 0 Å². The van der Waals surface area contributed by atoms with Gasteiger partial charge in [-0.3, -0.25) is 0 Å². The van der Waals surface area contributed by atoms with Crippen LogP contribution in [0, 0.1) is 13.8 Å². The number of hydrogen-bond donors (Lipinski definition) is 1. The molecule has 0 aliphatic rings. The first-order valence-corrected chi connectivity index (χ1v) is 8.37.